The van der Waals surface area contributed by atoms with Gasteiger partial charge in [-0.25, -0.2) is 0 Å². The number of nitrogens with one attached hydrogen (secondary N) is 1. The standard InChI is InChI=1S/C10H10Cl3NO2/c1-2-3-8(15)6-4-7(14-5-6)9(16)10(11,12)13/h4-5,14H,2-3H2,1H3. The smallest absolute Gasteiger partial charge is 0.254 e. The van der Waals surface area contributed by atoms with Gasteiger partial charge in [0.2, 0.25) is 5.78 Å². The molecule has 1 N–H and O–H groups in total. The molecule has 1 rings (SSSR count). The van der Waals surface area contributed by atoms with Crippen LogP contribution in [0.5, 0.6) is 0 Å². The summed E-state index contributed by atoms with van der Waals surface area (Å²) >= 11 is 16.3. The van der Waals surface area contributed by atoms with Crippen molar-refractivity contribution < 1.29 is 9.59 Å². The van der Waals surface area contributed by atoms with E-state index in [2.05, 4.69) is 4.98 Å². The third kappa shape index (κ3) is 3.24. The largest absolute Gasteiger partial charge is 0.358 e. The number of hydrogen-bond acceptors (Lipinski definition) is 2. The van der Waals surface area contributed by atoms with Gasteiger partial charge in [0.1, 0.15) is 0 Å². The van der Waals surface area contributed by atoms with Gasteiger partial charge in [-0.1, -0.05) is 41.7 Å². The van der Waals surface area contributed by atoms with Gasteiger partial charge in [0.25, 0.3) is 3.79 Å². The second-order valence-corrected chi connectivity index (χ2v) is 5.58. The van der Waals surface area contributed by atoms with Crippen LogP contribution in [-0.4, -0.2) is 20.3 Å². The van der Waals surface area contributed by atoms with Crippen molar-refractivity contribution in [1.82, 2.24) is 4.98 Å². The topological polar surface area (TPSA) is 49.9 Å². The van der Waals surface area contributed by atoms with Crippen molar-refractivity contribution in [3.63, 3.8) is 0 Å². The lowest BCUT2D eigenvalue weighted by Gasteiger charge is -2.06. The van der Waals surface area contributed by atoms with Gasteiger partial charge < -0.3 is 4.98 Å². The molecule has 1 heterocycles. The van der Waals surface area contributed by atoms with E-state index < -0.39 is 9.58 Å². The molecule has 0 fully saturated rings. The summed E-state index contributed by atoms with van der Waals surface area (Å²) in [7, 11) is 0. The van der Waals surface area contributed by atoms with Gasteiger partial charge in [0.05, 0.1) is 5.69 Å². The maximum atomic E-state index is 11.5. The summed E-state index contributed by atoms with van der Waals surface area (Å²) in [6.45, 7) is 1.90. The minimum atomic E-state index is -2.00. The molecular formula is C10H10Cl3NO2. The van der Waals surface area contributed by atoms with Crippen molar-refractivity contribution >= 4 is 46.4 Å². The Morgan fingerprint density at radius 3 is 2.50 bits per heavy atom. The Hall–Kier alpha value is -0.510. The average molecular weight is 283 g/mol. The summed E-state index contributed by atoms with van der Waals surface area (Å²) in [6.07, 6.45) is 2.62. The summed E-state index contributed by atoms with van der Waals surface area (Å²) in [4.78, 5) is 25.6. The highest BCUT2D eigenvalue weighted by Gasteiger charge is 2.32. The van der Waals surface area contributed by atoms with E-state index in [4.69, 9.17) is 34.8 Å². The van der Waals surface area contributed by atoms with Crippen LogP contribution < -0.4 is 0 Å². The highest BCUT2D eigenvalue weighted by Crippen LogP contribution is 2.30. The van der Waals surface area contributed by atoms with Gasteiger partial charge in [0, 0.05) is 18.2 Å². The first kappa shape index (κ1) is 13.6. The van der Waals surface area contributed by atoms with Crippen LogP contribution in [0.1, 0.15) is 40.6 Å². The van der Waals surface area contributed by atoms with E-state index >= 15 is 0 Å². The fourth-order valence-corrected chi connectivity index (χ4v) is 1.52. The molecule has 3 nitrogen and oxygen atoms in total. The molecule has 0 aromatic carbocycles. The van der Waals surface area contributed by atoms with E-state index in [0.29, 0.717) is 12.0 Å². The summed E-state index contributed by atoms with van der Waals surface area (Å²) < 4.78 is -2.00. The average Bonchev–Trinajstić information content (AvgIpc) is 2.64. The lowest BCUT2D eigenvalue weighted by molar-refractivity contribution is 0.0980. The third-order valence-corrected chi connectivity index (χ3v) is 2.50. The van der Waals surface area contributed by atoms with Crippen LogP contribution >= 0.6 is 34.8 Å². The molecule has 0 unspecified atom stereocenters. The van der Waals surface area contributed by atoms with E-state index in [1.54, 1.807) is 0 Å². The quantitative estimate of drug-likeness (QED) is 0.678. The molecule has 1 aromatic heterocycles. The van der Waals surface area contributed by atoms with Gasteiger partial charge in [-0.2, -0.15) is 0 Å². The third-order valence-electron chi connectivity index (χ3n) is 1.98. The Morgan fingerprint density at radius 1 is 1.38 bits per heavy atom. The van der Waals surface area contributed by atoms with Crippen LogP contribution in [0.25, 0.3) is 0 Å². The predicted molar refractivity (Wildman–Crippen MR) is 64.7 cm³/mol. The van der Waals surface area contributed by atoms with Gasteiger partial charge in [-0.15, -0.1) is 0 Å². The molecule has 0 bridgehead atoms. The van der Waals surface area contributed by atoms with Crippen molar-refractivity contribution in [2.45, 2.75) is 23.6 Å². The number of hydrogen-bond donors (Lipinski definition) is 1. The van der Waals surface area contributed by atoms with Crippen LogP contribution in [0.15, 0.2) is 12.3 Å². The van der Waals surface area contributed by atoms with Gasteiger partial charge in [-0.05, 0) is 12.5 Å². The Balaban J connectivity index is 2.87. The zero-order chi connectivity index (χ0) is 12.3. The van der Waals surface area contributed by atoms with E-state index in [0.717, 1.165) is 6.42 Å². The monoisotopic (exact) mass is 281 g/mol. The Morgan fingerprint density at radius 2 is 2.00 bits per heavy atom. The van der Waals surface area contributed by atoms with Crippen LogP contribution in [0.2, 0.25) is 0 Å². The Bertz CT molecular complexity index is 406. The molecular weight excluding hydrogens is 272 g/mol. The molecule has 0 atom stereocenters. The first-order chi connectivity index (χ1) is 7.36. The lowest BCUT2D eigenvalue weighted by Crippen LogP contribution is -2.19. The van der Waals surface area contributed by atoms with E-state index in [1.165, 1.54) is 12.3 Å². The molecule has 16 heavy (non-hydrogen) atoms. The van der Waals surface area contributed by atoms with E-state index in [1.807, 2.05) is 6.92 Å². The van der Waals surface area contributed by atoms with Gasteiger partial charge in [-0.3, -0.25) is 9.59 Å². The summed E-state index contributed by atoms with van der Waals surface area (Å²) in [5.74, 6) is -0.713. The first-order valence-electron chi connectivity index (χ1n) is 4.69. The highest BCUT2D eigenvalue weighted by molar-refractivity contribution is 6.77. The van der Waals surface area contributed by atoms with Crippen LogP contribution in [0, 0.1) is 0 Å². The number of carbonyl (C=O) groups excluding carboxylic acids is 2. The zero-order valence-electron chi connectivity index (χ0n) is 8.52. The molecule has 0 aliphatic carbocycles. The van der Waals surface area contributed by atoms with Crippen molar-refractivity contribution in [2.75, 3.05) is 0 Å². The summed E-state index contributed by atoms with van der Waals surface area (Å²) in [5, 5.41) is 0. The summed E-state index contributed by atoms with van der Waals surface area (Å²) in [6, 6.07) is 1.40. The number of Topliss-reactive ketones (excluding diaryl/α,β-unsaturated/α-hetero) is 2. The molecule has 0 spiro atoms. The minimum absolute atomic E-state index is 0.0397. The fraction of sp³-hybridized carbons (Fsp3) is 0.400. The Labute approximate surface area is 108 Å². The lowest BCUT2D eigenvalue weighted by atomic mass is 10.1. The van der Waals surface area contributed by atoms with Crippen LogP contribution in [0.3, 0.4) is 0 Å². The number of alkyl halides is 3. The van der Waals surface area contributed by atoms with Crippen molar-refractivity contribution in [3.8, 4) is 0 Å². The molecule has 0 saturated carbocycles. The maximum absolute atomic E-state index is 11.5. The Kier molecular flexibility index (Phi) is 4.42. The molecule has 88 valence electrons. The van der Waals surface area contributed by atoms with E-state index in [9.17, 15) is 9.59 Å². The fourth-order valence-electron chi connectivity index (χ4n) is 1.21. The molecule has 0 aliphatic rings. The molecule has 1 aromatic rings. The highest BCUT2D eigenvalue weighted by atomic mass is 35.6. The number of ketones is 2. The molecule has 6 heteroatoms. The normalized spacial score (nSPS) is 11.5. The number of aromatic amines is 1. The number of rotatable bonds is 4. The molecule has 0 aliphatic heterocycles. The predicted octanol–water partition coefficient (Wildman–Crippen LogP) is 3.55. The van der Waals surface area contributed by atoms with Crippen molar-refractivity contribution in [1.29, 1.82) is 0 Å². The van der Waals surface area contributed by atoms with Crippen LogP contribution in [-0.2, 0) is 0 Å². The van der Waals surface area contributed by atoms with Crippen molar-refractivity contribution in [2.24, 2.45) is 0 Å². The van der Waals surface area contributed by atoms with Crippen LogP contribution in [0.4, 0.5) is 0 Å². The second-order valence-electron chi connectivity index (χ2n) is 3.30. The summed E-state index contributed by atoms with van der Waals surface area (Å²) in [5.41, 5.74) is 0.555. The molecule has 0 radical (unpaired) electrons. The number of halogens is 3. The SMILES string of the molecule is CCCC(=O)c1c[nH]c(C(=O)C(Cl)(Cl)Cl)c1. The maximum Gasteiger partial charge on any atom is 0.254 e. The minimum Gasteiger partial charge on any atom is -0.358 e. The van der Waals surface area contributed by atoms with E-state index in [-0.39, 0.29) is 11.5 Å². The number of carbonyl (C=O) groups is 2. The number of aromatic nitrogens is 1. The number of H-pyrrole nitrogens is 1. The first-order valence-corrected chi connectivity index (χ1v) is 5.82. The van der Waals surface area contributed by atoms with Gasteiger partial charge >= 0.3 is 0 Å². The molecule has 0 saturated heterocycles. The zero-order valence-corrected chi connectivity index (χ0v) is 10.8. The molecule has 0 amide bonds. The van der Waals surface area contributed by atoms with Gasteiger partial charge in [0.15, 0.2) is 5.78 Å². The second kappa shape index (κ2) is 5.21. The van der Waals surface area contributed by atoms with Crippen molar-refractivity contribution in [3.05, 3.63) is 23.5 Å².